The van der Waals surface area contributed by atoms with Crippen LogP contribution in [0.4, 0.5) is 0 Å². The van der Waals surface area contributed by atoms with Crippen molar-refractivity contribution < 1.29 is 19.2 Å². The minimum atomic E-state index is -0.193. The topological polar surface area (TPSA) is 140 Å². The van der Waals surface area contributed by atoms with Gasteiger partial charge in [-0.1, -0.05) is 178 Å². The summed E-state index contributed by atoms with van der Waals surface area (Å²) in [6.45, 7) is 16.8. The zero-order valence-electron chi connectivity index (χ0n) is 50.2. The molecule has 16 rings (SSSR count). The van der Waals surface area contributed by atoms with Crippen molar-refractivity contribution in [3.05, 3.63) is 169 Å². The molecule has 84 heavy (non-hydrogen) atoms. The predicted octanol–water partition coefficient (Wildman–Crippen LogP) is 15.4. The first-order valence-corrected chi connectivity index (χ1v) is 31.0. The molecule has 8 aromatic rings. The number of carbonyl (C=O) groups is 4. The fourth-order valence-corrected chi connectivity index (χ4v) is 16.4. The summed E-state index contributed by atoms with van der Waals surface area (Å²) < 4.78 is 8.81. The van der Waals surface area contributed by atoms with Crippen molar-refractivity contribution in [3.8, 4) is 45.0 Å². The minimum Gasteiger partial charge on any atom is -0.322 e. The Hall–Kier alpha value is -7.60. The lowest BCUT2D eigenvalue weighted by Crippen LogP contribution is -2.39. The Bertz CT molecular complexity index is 3350. The van der Waals surface area contributed by atoms with E-state index < -0.39 is 0 Å². The van der Waals surface area contributed by atoms with Gasteiger partial charge in [-0.15, -0.1) is 0 Å². The third-order valence-electron chi connectivity index (χ3n) is 20.9. The van der Waals surface area contributed by atoms with Crippen LogP contribution in [0, 0.1) is 45.3 Å². The first-order chi connectivity index (χ1) is 40.4. The van der Waals surface area contributed by atoms with E-state index in [2.05, 4.69) is 191 Å². The predicted molar refractivity (Wildman–Crippen MR) is 328 cm³/mol. The summed E-state index contributed by atoms with van der Waals surface area (Å²) in [7, 11) is 0. The molecule has 12 heteroatoms. The summed E-state index contributed by atoms with van der Waals surface area (Å²) in [5.41, 5.74) is 13.9. The molecule has 0 N–H and O–H groups in total. The van der Waals surface area contributed by atoms with Crippen molar-refractivity contribution in [3.63, 3.8) is 0 Å². The highest BCUT2D eigenvalue weighted by Gasteiger charge is 2.49. The van der Waals surface area contributed by atoms with Gasteiger partial charge in [0.1, 0.15) is 23.1 Å². The molecule has 4 fully saturated rings. The summed E-state index contributed by atoms with van der Waals surface area (Å²) >= 11 is 0. The van der Waals surface area contributed by atoms with Gasteiger partial charge in [0.2, 0.25) is 0 Å². The summed E-state index contributed by atoms with van der Waals surface area (Å²) in [5.74, 6) is 1.95. The molecule has 0 saturated heterocycles. The lowest BCUT2D eigenvalue weighted by molar-refractivity contribution is -0.136. The standard InChI is InChI=1S/4C18H20N2O/c4*1-18(2)9-5-8-14(17(18)21)16-13-7-4-3-6-12(13)15-10-19-11-20(15)16/h4*3-4,6-7,10-11,14,16H,5,8-9H2,1-2H3/t2*14-,16+;2*14-,16-/m1010/s1. The molecule has 0 unspecified atom stereocenters. The van der Waals surface area contributed by atoms with E-state index in [0.29, 0.717) is 23.1 Å². The van der Waals surface area contributed by atoms with E-state index >= 15 is 0 Å². The van der Waals surface area contributed by atoms with Crippen LogP contribution in [0.1, 0.15) is 179 Å². The second-order valence-electron chi connectivity index (χ2n) is 27.9. The number of benzene rings is 4. The van der Waals surface area contributed by atoms with Crippen LogP contribution in [-0.2, 0) is 19.2 Å². The summed E-state index contributed by atoms with van der Waals surface area (Å²) in [5, 5.41) is 0. The molecule has 8 aliphatic rings. The Morgan fingerprint density at radius 2 is 0.524 bits per heavy atom. The molecule has 4 aromatic heterocycles. The molecule has 4 aliphatic heterocycles. The number of fused-ring (bicyclic) bond motifs is 12. The van der Waals surface area contributed by atoms with E-state index in [-0.39, 0.29) is 69.5 Å². The zero-order valence-corrected chi connectivity index (χ0v) is 50.2. The van der Waals surface area contributed by atoms with Crippen molar-refractivity contribution in [2.45, 2.75) is 157 Å². The fourth-order valence-electron chi connectivity index (χ4n) is 16.4. The molecule has 0 spiro atoms. The lowest BCUT2D eigenvalue weighted by atomic mass is 9.68. The second-order valence-corrected chi connectivity index (χ2v) is 27.9. The van der Waals surface area contributed by atoms with Gasteiger partial charge >= 0.3 is 0 Å². The third-order valence-corrected chi connectivity index (χ3v) is 20.9. The van der Waals surface area contributed by atoms with Gasteiger partial charge in [0.25, 0.3) is 0 Å². The number of ketones is 4. The highest BCUT2D eigenvalue weighted by molar-refractivity contribution is 5.91. The van der Waals surface area contributed by atoms with Crippen LogP contribution in [0.15, 0.2) is 147 Å². The number of aromatic nitrogens is 8. The van der Waals surface area contributed by atoms with Gasteiger partial charge in [0.05, 0.1) is 97.0 Å². The SMILES string of the molecule is CC1(C)CCC[C@@H]([C@@H]2c3ccccc3-c3cncn32)C1=O.CC1(C)CCC[C@@H]([C@H]2c3ccccc3-c3cncn32)C1=O.CC1(C)CCC[C@H]([C@@H]2c3ccccc3-c3cncn32)C1=O.CC1(C)CCC[C@H]([C@H]2c3ccccc3-c3cncn32)C1=O. The van der Waals surface area contributed by atoms with E-state index in [0.717, 1.165) is 99.8 Å². The van der Waals surface area contributed by atoms with Crippen LogP contribution in [-0.4, -0.2) is 61.3 Å². The maximum atomic E-state index is 12.9. The van der Waals surface area contributed by atoms with Crippen molar-refractivity contribution in [1.82, 2.24) is 38.2 Å². The Morgan fingerprint density at radius 3 is 0.738 bits per heavy atom. The average molecular weight is 1120 g/mol. The number of rotatable bonds is 4. The molecule has 8 heterocycles. The molecule has 8 atom stereocenters. The highest BCUT2D eigenvalue weighted by Crippen LogP contribution is 2.53. The molecule has 4 aromatic carbocycles. The maximum Gasteiger partial charge on any atom is 0.143 e. The van der Waals surface area contributed by atoms with E-state index in [9.17, 15) is 19.2 Å². The Morgan fingerprint density at radius 1 is 0.321 bits per heavy atom. The fraction of sp³-hybridized carbons (Fsp3) is 0.444. The number of hydrogen-bond donors (Lipinski definition) is 0. The Kier molecular flexibility index (Phi) is 14.0. The quantitative estimate of drug-likeness (QED) is 0.170. The largest absolute Gasteiger partial charge is 0.322 e. The number of Topliss-reactive ketones (excluding diaryl/α,β-unsaturated/α-hetero) is 4. The van der Waals surface area contributed by atoms with Gasteiger partial charge in [-0.2, -0.15) is 0 Å². The van der Waals surface area contributed by atoms with Gasteiger partial charge in [-0.25, -0.2) is 19.9 Å². The van der Waals surface area contributed by atoms with Gasteiger partial charge in [0.15, 0.2) is 0 Å². The lowest BCUT2D eigenvalue weighted by Gasteiger charge is -2.37. The zero-order chi connectivity index (χ0) is 58.5. The molecule has 4 aliphatic carbocycles. The normalized spacial score (nSPS) is 26.5. The van der Waals surface area contributed by atoms with Crippen molar-refractivity contribution >= 4 is 23.1 Å². The number of carbonyl (C=O) groups excluding carboxylic acids is 4. The molecule has 4 saturated carbocycles. The van der Waals surface area contributed by atoms with Crippen LogP contribution < -0.4 is 0 Å². The van der Waals surface area contributed by atoms with Crippen molar-refractivity contribution in [2.24, 2.45) is 45.3 Å². The molecule has 0 radical (unpaired) electrons. The molecular weight excluding hydrogens is 1040 g/mol. The van der Waals surface area contributed by atoms with Gasteiger partial charge in [0, 0.05) is 67.6 Å². The first-order valence-electron chi connectivity index (χ1n) is 31.0. The Balaban J connectivity index is 0.000000104. The molecule has 0 bridgehead atoms. The van der Waals surface area contributed by atoms with Gasteiger partial charge < -0.3 is 18.3 Å². The minimum absolute atomic E-state index is 0.0744. The summed E-state index contributed by atoms with van der Waals surface area (Å²) in [4.78, 5) is 69.0. The maximum absolute atomic E-state index is 12.9. The summed E-state index contributed by atoms with van der Waals surface area (Å²) in [6.07, 6.45) is 27.7. The monoisotopic (exact) mass is 1120 g/mol. The molecular formula is C72H80N8O4. The van der Waals surface area contributed by atoms with Crippen molar-refractivity contribution in [2.75, 3.05) is 0 Å². The van der Waals surface area contributed by atoms with Crippen LogP contribution in [0.2, 0.25) is 0 Å². The number of imidazole rings is 4. The third kappa shape index (κ3) is 9.23. The molecule has 0 amide bonds. The molecule has 12 nitrogen and oxygen atoms in total. The van der Waals surface area contributed by atoms with Crippen LogP contribution >= 0.6 is 0 Å². The van der Waals surface area contributed by atoms with Crippen LogP contribution in [0.25, 0.3) is 45.0 Å². The van der Waals surface area contributed by atoms with Crippen LogP contribution in [0.5, 0.6) is 0 Å². The van der Waals surface area contributed by atoms with E-state index in [1.54, 1.807) is 0 Å². The van der Waals surface area contributed by atoms with E-state index in [4.69, 9.17) is 0 Å². The smallest absolute Gasteiger partial charge is 0.143 e. The number of hydrogen-bond acceptors (Lipinski definition) is 8. The van der Waals surface area contributed by atoms with Crippen LogP contribution in [0.3, 0.4) is 0 Å². The second kappa shape index (κ2) is 21.2. The first kappa shape index (κ1) is 55.6. The van der Waals surface area contributed by atoms with Crippen molar-refractivity contribution in [1.29, 1.82) is 0 Å². The Labute approximate surface area is 494 Å². The van der Waals surface area contributed by atoms with E-state index in [1.165, 1.54) is 44.5 Å². The highest BCUT2D eigenvalue weighted by atomic mass is 16.1. The van der Waals surface area contributed by atoms with Gasteiger partial charge in [-0.05, 0) is 73.6 Å². The van der Waals surface area contributed by atoms with Gasteiger partial charge in [-0.3, -0.25) is 19.2 Å². The number of nitrogens with zero attached hydrogens (tertiary/aromatic N) is 8. The summed E-state index contributed by atoms with van der Waals surface area (Å²) in [6, 6.07) is 34.3. The molecule has 432 valence electrons. The average Bonchev–Trinajstić information content (AvgIpc) is 1.90. The van der Waals surface area contributed by atoms with E-state index in [1.807, 2.05) is 50.1 Å².